The first-order chi connectivity index (χ1) is 15.8. The Morgan fingerprint density at radius 3 is 2.52 bits per heavy atom. The molecule has 2 aliphatic rings. The highest BCUT2D eigenvalue weighted by Crippen LogP contribution is 2.55. The van der Waals surface area contributed by atoms with Gasteiger partial charge in [0.2, 0.25) is 0 Å². The maximum absolute atomic E-state index is 13.9. The standard InChI is InChI=1S/C27H27FN4O/c1-27(2,32-26(33)25-5-3-16(14-29)15-31-25)20-11-17-9-19(10-18(17)12-20)22-7-8-30-24-6-4-21(28)13-23(22)24/h3-8,13,15,17-20H,9-12H2,1-2H3,(H,32,33)/t17-,18+,19?,20+. The summed E-state index contributed by atoms with van der Waals surface area (Å²) in [4.78, 5) is 21.3. The van der Waals surface area contributed by atoms with Crippen molar-refractivity contribution in [2.75, 3.05) is 0 Å². The van der Waals surface area contributed by atoms with Gasteiger partial charge in [0.15, 0.2) is 0 Å². The molecule has 3 aromatic rings. The third kappa shape index (κ3) is 4.08. The summed E-state index contributed by atoms with van der Waals surface area (Å²) in [5, 5.41) is 13.0. The summed E-state index contributed by atoms with van der Waals surface area (Å²) < 4.78 is 13.9. The molecule has 33 heavy (non-hydrogen) atoms. The molecule has 5 nitrogen and oxygen atoms in total. The lowest BCUT2D eigenvalue weighted by Crippen LogP contribution is -2.48. The Balaban J connectivity index is 1.26. The number of rotatable bonds is 4. The minimum atomic E-state index is -0.348. The van der Waals surface area contributed by atoms with Gasteiger partial charge in [0.1, 0.15) is 17.6 Å². The lowest BCUT2D eigenvalue weighted by atomic mass is 9.82. The van der Waals surface area contributed by atoms with Crippen molar-refractivity contribution in [1.29, 1.82) is 5.26 Å². The Bertz CT molecular complexity index is 1230. The molecule has 2 fully saturated rings. The van der Waals surface area contributed by atoms with Crippen LogP contribution in [-0.4, -0.2) is 21.4 Å². The van der Waals surface area contributed by atoms with E-state index in [0.717, 1.165) is 36.6 Å². The largest absolute Gasteiger partial charge is 0.346 e. The Morgan fingerprint density at radius 2 is 1.85 bits per heavy atom. The van der Waals surface area contributed by atoms with Crippen molar-refractivity contribution in [3.05, 3.63) is 71.4 Å². The van der Waals surface area contributed by atoms with Crippen LogP contribution in [0.15, 0.2) is 48.8 Å². The van der Waals surface area contributed by atoms with Crippen LogP contribution in [0.1, 0.15) is 67.1 Å². The Labute approximate surface area is 193 Å². The van der Waals surface area contributed by atoms with Gasteiger partial charge in [-0.2, -0.15) is 5.26 Å². The number of aromatic nitrogens is 2. The van der Waals surface area contributed by atoms with Crippen molar-refractivity contribution in [2.45, 2.75) is 51.0 Å². The van der Waals surface area contributed by atoms with Crippen LogP contribution in [0.2, 0.25) is 0 Å². The monoisotopic (exact) mass is 442 g/mol. The third-order valence-corrected chi connectivity index (χ3v) is 7.77. The van der Waals surface area contributed by atoms with E-state index in [1.165, 1.54) is 17.8 Å². The molecule has 2 saturated carbocycles. The molecule has 0 spiro atoms. The Kier molecular flexibility index (Phi) is 5.36. The molecule has 1 amide bonds. The molecule has 4 atom stereocenters. The molecule has 5 rings (SSSR count). The first kappa shape index (κ1) is 21.5. The van der Waals surface area contributed by atoms with Crippen LogP contribution in [0.4, 0.5) is 4.39 Å². The number of nitriles is 1. The van der Waals surface area contributed by atoms with Gasteiger partial charge in [-0.3, -0.25) is 9.78 Å². The zero-order chi connectivity index (χ0) is 23.2. The van der Waals surface area contributed by atoms with E-state index >= 15 is 0 Å². The normalized spacial score (nSPS) is 24.4. The summed E-state index contributed by atoms with van der Waals surface area (Å²) in [6.45, 7) is 4.19. The Hall–Kier alpha value is -3.33. The number of carbonyl (C=O) groups excluding carboxylic acids is 1. The lowest BCUT2D eigenvalue weighted by molar-refractivity contribution is 0.0872. The second-order valence-corrected chi connectivity index (χ2v) is 10.1. The maximum Gasteiger partial charge on any atom is 0.270 e. The third-order valence-electron chi connectivity index (χ3n) is 7.77. The maximum atomic E-state index is 13.9. The molecule has 2 aliphatic carbocycles. The van der Waals surface area contributed by atoms with Gasteiger partial charge in [0.05, 0.1) is 11.1 Å². The number of nitrogens with zero attached hydrogens (tertiary/aromatic N) is 3. The van der Waals surface area contributed by atoms with Crippen LogP contribution >= 0.6 is 0 Å². The van der Waals surface area contributed by atoms with E-state index in [4.69, 9.17) is 5.26 Å². The predicted molar refractivity (Wildman–Crippen MR) is 124 cm³/mol. The molecule has 2 heterocycles. The van der Waals surface area contributed by atoms with Gasteiger partial charge in [-0.15, -0.1) is 0 Å². The molecule has 1 unspecified atom stereocenters. The van der Waals surface area contributed by atoms with Crippen molar-refractivity contribution < 1.29 is 9.18 Å². The van der Waals surface area contributed by atoms with Gasteiger partial charge in [0, 0.05) is 23.3 Å². The van der Waals surface area contributed by atoms with Crippen LogP contribution in [-0.2, 0) is 0 Å². The fourth-order valence-electron chi connectivity index (χ4n) is 6.01. The second kappa shape index (κ2) is 8.22. The molecule has 0 bridgehead atoms. The number of hydrogen-bond donors (Lipinski definition) is 1. The van der Waals surface area contributed by atoms with Crippen LogP contribution in [0.3, 0.4) is 0 Å². The molecule has 0 saturated heterocycles. The molecule has 6 heteroatoms. The number of pyridine rings is 2. The van der Waals surface area contributed by atoms with E-state index < -0.39 is 0 Å². The van der Waals surface area contributed by atoms with Crippen molar-refractivity contribution in [3.8, 4) is 6.07 Å². The van der Waals surface area contributed by atoms with E-state index in [1.54, 1.807) is 24.3 Å². The molecular weight excluding hydrogens is 415 g/mol. The van der Waals surface area contributed by atoms with Gasteiger partial charge in [-0.1, -0.05) is 0 Å². The number of benzene rings is 1. The molecule has 0 aliphatic heterocycles. The molecule has 1 aromatic carbocycles. The number of halogens is 1. The SMILES string of the molecule is CC(C)(NC(=O)c1ccc(C#N)cn1)[C@H]1C[C@H]2CC(c3ccnc4ccc(F)cc34)C[C@H]2C1. The van der Waals surface area contributed by atoms with Crippen molar-refractivity contribution in [1.82, 2.24) is 15.3 Å². The highest BCUT2D eigenvalue weighted by Gasteiger charge is 2.47. The smallest absolute Gasteiger partial charge is 0.270 e. The van der Waals surface area contributed by atoms with E-state index in [9.17, 15) is 9.18 Å². The molecular formula is C27H27FN4O. The molecule has 1 N–H and O–H groups in total. The molecule has 168 valence electrons. The number of hydrogen-bond acceptors (Lipinski definition) is 4. The fraction of sp³-hybridized carbons (Fsp3) is 0.407. The number of fused-ring (bicyclic) bond motifs is 2. The number of nitrogens with one attached hydrogen (secondary N) is 1. The van der Waals surface area contributed by atoms with E-state index in [0.29, 0.717) is 34.9 Å². The van der Waals surface area contributed by atoms with Crippen LogP contribution in [0, 0.1) is 34.9 Å². The van der Waals surface area contributed by atoms with E-state index in [2.05, 4.69) is 35.2 Å². The zero-order valence-electron chi connectivity index (χ0n) is 18.9. The summed E-state index contributed by atoms with van der Waals surface area (Å²) in [6, 6.07) is 12.1. The summed E-state index contributed by atoms with van der Waals surface area (Å²) >= 11 is 0. The molecule has 2 aromatic heterocycles. The van der Waals surface area contributed by atoms with E-state index in [1.807, 2.05) is 12.3 Å². The van der Waals surface area contributed by atoms with Crippen molar-refractivity contribution >= 4 is 16.8 Å². The minimum absolute atomic E-state index is 0.204. The summed E-state index contributed by atoms with van der Waals surface area (Å²) in [7, 11) is 0. The highest BCUT2D eigenvalue weighted by molar-refractivity contribution is 5.92. The Morgan fingerprint density at radius 1 is 1.09 bits per heavy atom. The first-order valence-corrected chi connectivity index (χ1v) is 11.6. The van der Waals surface area contributed by atoms with Gasteiger partial charge in [0.25, 0.3) is 5.91 Å². The fourth-order valence-corrected chi connectivity index (χ4v) is 6.01. The van der Waals surface area contributed by atoms with Crippen molar-refractivity contribution in [2.24, 2.45) is 17.8 Å². The average Bonchev–Trinajstić information content (AvgIpc) is 3.38. The summed E-state index contributed by atoms with van der Waals surface area (Å²) in [5.41, 5.74) is 2.48. The van der Waals surface area contributed by atoms with Crippen LogP contribution < -0.4 is 5.32 Å². The average molecular weight is 443 g/mol. The lowest BCUT2D eigenvalue weighted by Gasteiger charge is -2.33. The van der Waals surface area contributed by atoms with Crippen LogP contribution in [0.5, 0.6) is 0 Å². The topological polar surface area (TPSA) is 78.7 Å². The highest BCUT2D eigenvalue weighted by atomic mass is 19.1. The van der Waals surface area contributed by atoms with Gasteiger partial charge < -0.3 is 5.32 Å². The zero-order valence-corrected chi connectivity index (χ0v) is 18.9. The first-order valence-electron chi connectivity index (χ1n) is 11.6. The summed E-state index contributed by atoms with van der Waals surface area (Å²) in [5.74, 6) is 1.62. The summed E-state index contributed by atoms with van der Waals surface area (Å²) in [6.07, 6.45) is 7.61. The van der Waals surface area contributed by atoms with Crippen LogP contribution in [0.25, 0.3) is 10.9 Å². The number of carbonyl (C=O) groups is 1. The predicted octanol–water partition coefficient (Wildman–Crippen LogP) is 5.37. The number of amides is 1. The van der Waals surface area contributed by atoms with E-state index in [-0.39, 0.29) is 17.3 Å². The van der Waals surface area contributed by atoms with Gasteiger partial charge in [-0.05, 0) is 105 Å². The molecule has 0 radical (unpaired) electrons. The van der Waals surface area contributed by atoms with Crippen molar-refractivity contribution in [3.63, 3.8) is 0 Å². The second-order valence-electron chi connectivity index (χ2n) is 10.1. The van der Waals surface area contributed by atoms with Gasteiger partial charge >= 0.3 is 0 Å². The minimum Gasteiger partial charge on any atom is -0.346 e. The quantitative estimate of drug-likeness (QED) is 0.589. The van der Waals surface area contributed by atoms with Gasteiger partial charge in [-0.25, -0.2) is 9.37 Å².